The molecule has 0 spiro atoms. The predicted molar refractivity (Wildman–Crippen MR) is 59.9 cm³/mol. The summed E-state index contributed by atoms with van der Waals surface area (Å²) in [5, 5.41) is 0. The van der Waals surface area contributed by atoms with Crippen LogP contribution in [0.5, 0.6) is 0 Å². The van der Waals surface area contributed by atoms with E-state index in [4.69, 9.17) is 12.3 Å². The number of terminal acetylenes is 1. The molecule has 0 aliphatic heterocycles. The summed E-state index contributed by atoms with van der Waals surface area (Å²) < 4.78 is 0. The molecule has 1 atom stereocenters. The zero-order chi connectivity index (χ0) is 9.97. The first-order valence-corrected chi connectivity index (χ1v) is 5.70. The highest BCUT2D eigenvalue weighted by atomic mass is 32.1. The van der Waals surface area contributed by atoms with Gasteiger partial charge in [0.1, 0.15) is 6.04 Å². The van der Waals surface area contributed by atoms with Gasteiger partial charge < -0.3 is 0 Å². The number of hydrogen-bond acceptors (Lipinski definition) is 3. The summed E-state index contributed by atoms with van der Waals surface area (Å²) in [5.41, 5.74) is 4.13. The fraction of sp³-hybridized carbons (Fsp3) is 0.455. The normalized spacial score (nSPS) is 17.1. The molecule has 2 nitrogen and oxygen atoms in total. The van der Waals surface area contributed by atoms with E-state index >= 15 is 0 Å². The van der Waals surface area contributed by atoms with E-state index in [9.17, 15) is 0 Å². The lowest BCUT2D eigenvalue weighted by Crippen LogP contribution is -2.26. The second kappa shape index (κ2) is 4.14. The van der Waals surface area contributed by atoms with E-state index in [1.165, 1.54) is 41.0 Å². The van der Waals surface area contributed by atoms with Crippen molar-refractivity contribution < 1.29 is 0 Å². The summed E-state index contributed by atoms with van der Waals surface area (Å²) >= 11 is 1.81. The maximum absolute atomic E-state index is 5.39. The number of nitrogens with one attached hydrogen (secondary N) is 1. The molecular formula is C11H14N2S. The van der Waals surface area contributed by atoms with Gasteiger partial charge in [0, 0.05) is 9.75 Å². The molecule has 1 aromatic rings. The van der Waals surface area contributed by atoms with E-state index in [-0.39, 0.29) is 6.04 Å². The molecule has 1 aromatic heterocycles. The van der Waals surface area contributed by atoms with Crippen molar-refractivity contribution in [3.05, 3.63) is 21.4 Å². The first-order valence-electron chi connectivity index (χ1n) is 4.89. The average molecular weight is 206 g/mol. The Morgan fingerprint density at radius 1 is 1.50 bits per heavy atom. The lowest BCUT2D eigenvalue weighted by molar-refractivity contribution is 0.680. The highest BCUT2D eigenvalue weighted by Gasteiger charge is 2.16. The zero-order valence-electron chi connectivity index (χ0n) is 8.05. The van der Waals surface area contributed by atoms with Crippen LogP contribution in [0, 0.1) is 12.3 Å². The van der Waals surface area contributed by atoms with Crippen LogP contribution in [0.25, 0.3) is 0 Å². The van der Waals surface area contributed by atoms with Crippen LogP contribution >= 0.6 is 11.3 Å². The number of hydrazine groups is 1. The van der Waals surface area contributed by atoms with Crippen molar-refractivity contribution >= 4 is 11.3 Å². The minimum Gasteiger partial charge on any atom is -0.270 e. The number of thiophene rings is 1. The molecule has 0 saturated heterocycles. The summed E-state index contributed by atoms with van der Waals surface area (Å²) in [6.07, 6.45) is 10.4. The van der Waals surface area contributed by atoms with Gasteiger partial charge >= 0.3 is 0 Å². The molecule has 0 fully saturated rings. The minimum atomic E-state index is -0.120. The van der Waals surface area contributed by atoms with E-state index in [1.54, 1.807) is 0 Å². The van der Waals surface area contributed by atoms with E-state index in [1.807, 2.05) is 11.3 Å². The summed E-state index contributed by atoms with van der Waals surface area (Å²) in [6.45, 7) is 0. The first kappa shape index (κ1) is 9.72. The quantitative estimate of drug-likeness (QED) is 0.439. The number of aryl methyl sites for hydroxylation is 2. The molecule has 0 radical (unpaired) electrons. The Morgan fingerprint density at radius 2 is 2.29 bits per heavy atom. The molecule has 14 heavy (non-hydrogen) atoms. The molecule has 0 aromatic carbocycles. The van der Waals surface area contributed by atoms with Crippen molar-refractivity contribution in [2.24, 2.45) is 5.84 Å². The van der Waals surface area contributed by atoms with Crippen molar-refractivity contribution in [2.75, 3.05) is 0 Å². The van der Waals surface area contributed by atoms with E-state index < -0.39 is 0 Å². The third kappa shape index (κ3) is 1.69. The standard InChI is InChI=1S/C11H14N2S/c1-2-9(13-12)11-7-8-5-3-4-6-10(8)14-11/h1,7,9,13H,3-6,12H2. The van der Waals surface area contributed by atoms with Crippen LogP contribution in [0.15, 0.2) is 6.07 Å². The molecule has 1 aliphatic carbocycles. The second-order valence-corrected chi connectivity index (χ2v) is 4.74. The third-order valence-electron chi connectivity index (χ3n) is 2.63. The summed E-state index contributed by atoms with van der Waals surface area (Å²) in [5.74, 6) is 8.04. The molecular weight excluding hydrogens is 192 g/mol. The van der Waals surface area contributed by atoms with Crippen LogP contribution in [0.3, 0.4) is 0 Å². The van der Waals surface area contributed by atoms with Gasteiger partial charge in [-0.3, -0.25) is 5.84 Å². The van der Waals surface area contributed by atoms with Crippen LogP contribution in [0.1, 0.15) is 34.2 Å². The first-order chi connectivity index (χ1) is 6.85. The van der Waals surface area contributed by atoms with Crippen molar-refractivity contribution in [1.82, 2.24) is 5.43 Å². The Morgan fingerprint density at radius 3 is 2.93 bits per heavy atom. The van der Waals surface area contributed by atoms with Crippen LogP contribution in [0.4, 0.5) is 0 Å². The van der Waals surface area contributed by atoms with Crippen LogP contribution in [-0.2, 0) is 12.8 Å². The number of nitrogens with two attached hydrogens (primary N) is 1. The fourth-order valence-corrected chi connectivity index (χ4v) is 3.15. The highest BCUT2D eigenvalue weighted by molar-refractivity contribution is 7.12. The minimum absolute atomic E-state index is 0.120. The molecule has 3 heteroatoms. The third-order valence-corrected chi connectivity index (χ3v) is 3.94. The van der Waals surface area contributed by atoms with Gasteiger partial charge in [-0.05, 0) is 37.3 Å². The molecule has 1 unspecified atom stereocenters. The van der Waals surface area contributed by atoms with Crippen LogP contribution in [-0.4, -0.2) is 0 Å². The SMILES string of the molecule is C#CC(NN)c1cc2c(s1)CCCC2. The average Bonchev–Trinajstić information content (AvgIpc) is 2.63. The van der Waals surface area contributed by atoms with Gasteiger partial charge in [-0.2, -0.15) is 0 Å². The van der Waals surface area contributed by atoms with Crippen LogP contribution < -0.4 is 11.3 Å². The van der Waals surface area contributed by atoms with Crippen molar-refractivity contribution in [1.29, 1.82) is 0 Å². The molecule has 0 amide bonds. The Bertz CT molecular complexity index is 338. The molecule has 1 aliphatic rings. The molecule has 1 heterocycles. The Kier molecular flexibility index (Phi) is 2.87. The van der Waals surface area contributed by atoms with E-state index in [0.717, 1.165) is 0 Å². The van der Waals surface area contributed by atoms with Crippen molar-refractivity contribution in [3.63, 3.8) is 0 Å². The summed E-state index contributed by atoms with van der Waals surface area (Å²) in [7, 11) is 0. The van der Waals surface area contributed by atoms with E-state index in [0.29, 0.717) is 0 Å². The van der Waals surface area contributed by atoms with Gasteiger partial charge in [-0.15, -0.1) is 17.8 Å². The van der Waals surface area contributed by atoms with E-state index in [2.05, 4.69) is 17.4 Å². The molecule has 74 valence electrons. The molecule has 0 saturated carbocycles. The predicted octanol–water partition coefficient (Wildman–Crippen LogP) is 1.76. The van der Waals surface area contributed by atoms with Gasteiger partial charge in [0.2, 0.25) is 0 Å². The number of rotatable bonds is 2. The lowest BCUT2D eigenvalue weighted by Gasteiger charge is -2.08. The van der Waals surface area contributed by atoms with Gasteiger partial charge in [-0.25, -0.2) is 5.43 Å². The summed E-state index contributed by atoms with van der Waals surface area (Å²) in [4.78, 5) is 2.68. The van der Waals surface area contributed by atoms with Crippen LogP contribution in [0.2, 0.25) is 0 Å². The van der Waals surface area contributed by atoms with Gasteiger partial charge in [0.05, 0.1) is 0 Å². The van der Waals surface area contributed by atoms with Crippen molar-refractivity contribution in [2.45, 2.75) is 31.7 Å². The van der Waals surface area contributed by atoms with Gasteiger partial charge in [-0.1, -0.05) is 5.92 Å². The number of hydrogen-bond donors (Lipinski definition) is 2. The lowest BCUT2D eigenvalue weighted by atomic mass is 9.99. The fourth-order valence-electron chi connectivity index (χ4n) is 1.87. The van der Waals surface area contributed by atoms with Gasteiger partial charge in [0.15, 0.2) is 0 Å². The topological polar surface area (TPSA) is 38.0 Å². The maximum atomic E-state index is 5.39. The Labute approximate surface area is 88.5 Å². The number of fused-ring (bicyclic) bond motifs is 1. The molecule has 2 rings (SSSR count). The van der Waals surface area contributed by atoms with Gasteiger partial charge in [0.25, 0.3) is 0 Å². The largest absolute Gasteiger partial charge is 0.270 e. The van der Waals surface area contributed by atoms with Crippen molar-refractivity contribution in [3.8, 4) is 12.3 Å². The zero-order valence-corrected chi connectivity index (χ0v) is 8.86. The smallest absolute Gasteiger partial charge is 0.116 e. The monoisotopic (exact) mass is 206 g/mol. The highest BCUT2D eigenvalue weighted by Crippen LogP contribution is 2.32. The maximum Gasteiger partial charge on any atom is 0.116 e. The second-order valence-electron chi connectivity index (χ2n) is 3.57. The Hall–Kier alpha value is -0.820. The molecule has 3 N–H and O–H groups in total. The molecule has 0 bridgehead atoms. The Balaban J connectivity index is 2.28. The summed E-state index contributed by atoms with van der Waals surface area (Å²) in [6, 6.07) is 2.09.